The zero-order valence-electron chi connectivity index (χ0n) is 20.5. The van der Waals surface area contributed by atoms with Gasteiger partial charge in [0.2, 0.25) is 0 Å². The number of hydrogen-bond donors (Lipinski definition) is 2. The van der Waals surface area contributed by atoms with E-state index in [1.54, 1.807) is 38.1 Å². The third kappa shape index (κ3) is 5.25. The zero-order valence-corrected chi connectivity index (χ0v) is 21.3. The summed E-state index contributed by atoms with van der Waals surface area (Å²) in [6.45, 7) is 5.48. The van der Waals surface area contributed by atoms with Crippen LogP contribution >= 0.6 is 11.6 Å². The summed E-state index contributed by atoms with van der Waals surface area (Å²) >= 11 is 5.95. The molecule has 1 saturated carbocycles. The SMILES string of the molecule is Cc1nc(N2[C@@H]3CC[C@H]2C[C@@H](NC(=O)C(C)(C)Oc2ccc(Cl)cc2)C3)ccc1C(=O)NC1CC1. The Morgan fingerprint density at radius 1 is 0.971 bits per heavy atom. The summed E-state index contributed by atoms with van der Waals surface area (Å²) in [6, 6.07) is 12.0. The highest BCUT2D eigenvalue weighted by Gasteiger charge is 2.43. The van der Waals surface area contributed by atoms with Crippen molar-refractivity contribution in [3.8, 4) is 5.75 Å². The van der Waals surface area contributed by atoms with Gasteiger partial charge in [-0.05, 0) is 95.7 Å². The van der Waals surface area contributed by atoms with Gasteiger partial charge in [-0.2, -0.15) is 0 Å². The Labute approximate surface area is 211 Å². The summed E-state index contributed by atoms with van der Waals surface area (Å²) in [4.78, 5) is 32.8. The second-order valence-corrected chi connectivity index (χ2v) is 11.0. The number of hydrogen-bond acceptors (Lipinski definition) is 5. The fraction of sp³-hybridized carbons (Fsp3) is 0.519. The number of piperidine rings is 1. The summed E-state index contributed by atoms with van der Waals surface area (Å²) in [5.74, 6) is 1.39. The number of amides is 2. The van der Waals surface area contributed by atoms with Crippen LogP contribution in [0.5, 0.6) is 5.75 Å². The first-order valence-electron chi connectivity index (χ1n) is 12.5. The molecule has 8 heteroatoms. The number of nitrogens with zero attached hydrogens (tertiary/aromatic N) is 2. The van der Waals surface area contributed by atoms with E-state index in [1.165, 1.54) is 0 Å². The number of aromatic nitrogens is 1. The van der Waals surface area contributed by atoms with Crippen LogP contribution in [-0.2, 0) is 4.79 Å². The number of anilines is 1. The molecule has 3 atom stereocenters. The van der Waals surface area contributed by atoms with Crippen LogP contribution in [0.4, 0.5) is 5.82 Å². The van der Waals surface area contributed by atoms with Crippen molar-refractivity contribution in [3.63, 3.8) is 0 Å². The molecule has 5 rings (SSSR count). The molecule has 2 N–H and O–H groups in total. The van der Waals surface area contributed by atoms with Crippen molar-refractivity contribution < 1.29 is 14.3 Å². The quantitative estimate of drug-likeness (QED) is 0.593. The molecular weight excluding hydrogens is 464 g/mol. The number of ether oxygens (including phenoxy) is 1. The topological polar surface area (TPSA) is 83.6 Å². The maximum atomic E-state index is 13.1. The standard InChI is InChI=1S/C27H33ClN4O3/c1-16-23(25(33)30-18-6-7-18)12-13-24(29-16)32-20-8-9-21(32)15-19(14-20)31-26(34)27(2,3)35-22-10-4-17(28)5-11-22/h4-5,10-13,18-21H,6-9,14-15H2,1-3H3,(H,30,33)(H,31,34)/t19-,20+,21-. The van der Waals surface area contributed by atoms with Crippen LogP contribution in [0.1, 0.15) is 68.4 Å². The number of benzene rings is 1. The normalized spacial score (nSPS) is 23.7. The molecule has 3 fully saturated rings. The average molecular weight is 497 g/mol. The van der Waals surface area contributed by atoms with Gasteiger partial charge in [-0.1, -0.05) is 11.6 Å². The van der Waals surface area contributed by atoms with E-state index in [9.17, 15) is 9.59 Å². The number of carbonyl (C=O) groups is 2. The second kappa shape index (κ2) is 9.34. The molecule has 0 spiro atoms. The molecule has 1 aromatic carbocycles. The van der Waals surface area contributed by atoms with Crippen LogP contribution in [0.2, 0.25) is 5.02 Å². The van der Waals surface area contributed by atoms with Crippen molar-refractivity contribution in [2.45, 2.75) is 89.1 Å². The van der Waals surface area contributed by atoms with E-state index in [0.29, 0.717) is 34.5 Å². The molecule has 2 bridgehead atoms. The number of carbonyl (C=O) groups excluding carboxylic acids is 2. The highest BCUT2D eigenvalue weighted by Crippen LogP contribution is 2.39. The molecule has 1 aliphatic carbocycles. The third-order valence-electron chi connectivity index (χ3n) is 7.29. The summed E-state index contributed by atoms with van der Waals surface area (Å²) in [5.41, 5.74) is 0.411. The van der Waals surface area contributed by atoms with Crippen molar-refractivity contribution >= 4 is 29.2 Å². The lowest BCUT2D eigenvalue weighted by molar-refractivity contribution is -0.135. The van der Waals surface area contributed by atoms with Crippen molar-refractivity contribution in [2.75, 3.05) is 4.90 Å². The molecule has 0 unspecified atom stereocenters. The van der Waals surface area contributed by atoms with E-state index in [1.807, 2.05) is 19.1 Å². The predicted molar refractivity (Wildman–Crippen MR) is 136 cm³/mol. The van der Waals surface area contributed by atoms with Gasteiger partial charge in [0, 0.05) is 29.2 Å². The van der Waals surface area contributed by atoms with Crippen LogP contribution in [0, 0.1) is 6.92 Å². The Morgan fingerprint density at radius 2 is 1.63 bits per heavy atom. The first kappa shape index (κ1) is 23.9. The van der Waals surface area contributed by atoms with Crippen molar-refractivity contribution in [2.24, 2.45) is 0 Å². The fourth-order valence-corrected chi connectivity index (χ4v) is 5.42. The zero-order chi connectivity index (χ0) is 24.7. The van der Waals surface area contributed by atoms with Crippen molar-refractivity contribution in [3.05, 3.63) is 52.7 Å². The molecule has 3 aliphatic rings. The second-order valence-electron chi connectivity index (χ2n) is 10.6. The van der Waals surface area contributed by atoms with Crippen LogP contribution < -0.4 is 20.3 Å². The van der Waals surface area contributed by atoms with Gasteiger partial charge in [-0.3, -0.25) is 9.59 Å². The van der Waals surface area contributed by atoms with E-state index < -0.39 is 5.60 Å². The van der Waals surface area contributed by atoms with E-state index in [2.05, 4.69) is 15.5 Å². The largest absolute Gasteiger partial charge is 0.478 e. The third-order valence-corrected chi connectivity index (χ3v) is 7.55. The Hall–Kier alpha value is -2.80. The minimum Gasteiger partial charge on any atom is -0.478 e. The number of pyridine rings is 1. The summed E-state index contributed by atoms with van der Waals surface area (Å²) < 4.78 is 5.97. The highest BCUT2D eigenvalue weighted by atomic mass is 35.5. The lowest BCUT2D eigenvalue weighted by Gasteiger charge is -2.41. The molecule has 2 aromatic rings. The van der Waals surface area contributed by atoms with Gasteiger partial charge in [0.05, 0.1) is 11.3 Å². The molecule has 1 aromatic heterocycles. The van der Waals surface area contributed by atoms with Gasteiger partial charge < -0.3 is 20.3 Å². The molecule has 35 heavy (non-hydrogen) atoms. The lowest BCUT2D eigenvalue weighted by atomic mass is 9.96. The fourth-order valence-electron chi connectivity index (χ4n) is 5.29. The monoisotopic (exact) mass is 496 g/mol. The van der Waals surface area contributed by atoms with Crippen LogP contribution in [0.25, 0.3) is 0 Å². The summed E-state index contributed by atoms with van der Waals surface area (Å²) in [5, 5.41) is 6.91. The van der Waals surface area contributed by atoms with Gasteiger partial charge in [0.1, 0.15) is 11.6 Å². The molecule has 0 radical (unpaired) electrons. The molecule has 3 heterocycles. The van der Waals surface area contributed by atoms with Crippen LogP contribution in [0.3, 0.4) is 0 Å². The van der Waals surface area contributed by atoms with Gasteiger partial charge in [-0.15, -0.1) is 0 Å². The van der Waals surface area contributed by atoms with Crippen LogP contribution in [-0.4, -0.2) is 46.6 Å². The van der Waals surface area contributed by atoms with E-state index in [-0.39, 0.29) is 17.9 Å². The molecular formula is C27H33ClN4O3. The first-order valence-corrected chi connectivity index (χ1v) is 12.9. The number of halogens is 1. The molecule has 2 aliphatic heterocycles. The molecule has 7 nitrogen and oxygen atoms in total. The predicted octanol–water partition coefficient (Wildman–Crippen LogP) is 4.41. The number of rotatable bonds is 7. The van der Waals surface area contributed by atoms with E-state index in [0.717, 1.165) is 50.0 Å². The molecule has 2 saturated heterocycles. The van der Waals surface area contributed by atoms with Crippen LogP contribution in [0.15, 0.2) is 36.4 Å². The number of fused-ring (bicyclic) bond motifs is 2. The Morgan fingerprint density at radius 3 is 2.23 bits per heavy atom. The maximum Gasteiger partial charge on any atom is 0.263 e. The van der Waals surface area contributed by atoms with E-state index in [4.69, 9.17) is 21.3 Å². The average Bonchev–Trinajstić information content (AvgIpc) is 3.58. The van der Waals surface area contributed by atoms with Gasteiger partial charge in [-0.25, -0.2) is 4.98 Å². The van der Waals surface area contributed by atoms with Gasteiger partial charge in [0.25, 0.3) is 11.8 Å². The van der Waals surface area contributed by atoms with Crippen molar-refractivity contribution in [1.29, 1.82) is 0 Å². The van der Waals surface area contributed by atoms with Gasteiger partial charge >= 0.3 is 0 Å². The highest BCUT2D eigenvalue weighted by molar-refractivity contribution is 6.30. The number of nitrogens with one attached hydrogen (secondary N) is 2. The minimum atomic E-state index is -1.00. The van der Waals surface area contributed by atoms with Crippen molar-refractivity contribution in [1.82, 2.24) is 15.6 Å². The van der Waals surface area contributed by atoms with E-state index >= 15 is 0 Å². The van der Waals surface area contributed by atoms with Gasteiger partial charge in [0.15, 0.2) is 5.60 Å². The molecule has 2 amide bonds. The summed E-state index contributed by atoms with van der Waals surface area (Å²) in [7, 11) is 0. The Balaban J connectivity index is 1.21. The summed E-state index contributed by atoms with van der Waals surface area (Å²) in [6.07, 6.45) is 6.01. The molecule has 186 valence electrons. The minimum absolute atomic E-state index is 0.0307. The Kier molecular flexibility index (Phi) is 6.38. The number of aryl methyl sites for hydroxylation is 1. The smallest absolute Gasteiger partial charge is 0.263 e. The lowest BCUT2D eigenvalue weighted by Crippen LogP contribution is -2.55. The Bertz CT molecular complexity index is 1100. The first-order chi connectivity index (χ1) is 16.7. The maximum absolute atomic E-state index is 13.1.